The van der Waals surface area contributed by atoms with E-state index in [9.17, 15) is 0 Å². The Morgan fingerprint density at radius 2 is 1.58 bits per heavy atom. The highest BCUT2D eigenvalue weighted by Crippen LogP contribution is 2.22. The van der Waals surface area contributed by atoms with Crippen LogP contribution in [0.25, 0.3) is 0 Å². The van der Waals surface area contributed by atoms with E-state index in [0.29, 0.717) is 5.75 Å². The first-order valence-electron chi connectivity index (χ1n) is 3.63. The molecule has 0 radical (unpaired) electrons. The lowest BCUT2D eigenvalue weighted by atomic mass is 10.2. The van der Waals surface area contributed by atoms with E-state index in [0.717, 1.165) is 17.1 Å². The zero-order valence-electron chi connectivity index (χ0n) is 7.20. The summed E-state index contributed by atoms with van der Waals surface area (Å²) in [5, 5.41) is 0. The summed E-state index contributed by atoms with van der Waals surface area (Å²) in [4.78, 5) is 0. The molecule has 2 nitrogen and oxygen atoms in total. The number of thiol groups is 1. The molecular formula is C9H12O2S. The van der Waals surface area contributed by atoms with Gasteiger partial charge in [-0.25, -0.2) is 0 Å². The second kappa shape index (κ2) is 4.26. The van der Waals surface area contributed by atoms with Gasteiger partial charge in [0.25, 0.3) is 0 Å². The highest BCUT2D eigenvalue weighted by Gasteiger charge is 1.99. The summed E-state index contributed by atoms with van der Waals surface area (Å²) in [6.45, 7) is 0. The van der Waals surface area contributed by atoms with Gasteiger partial charge in [-0.2, -0.15) is 12.6 Å². The molecule has 12 heavy (non-hydrogen) atoms. The minimum absolute atomic E-state index is 0.688. The lowest BCUT2D eigenvalue weighted by Crippen LogP contribution is -1.89. The van der Waals surface area contributed by atoms with Gasteiger partial charge >= 0.3 is 0 Å². The van der Waals surface area contributed by atoms with E-state index in [1.54, 1.807) is 14.2 Å². The molecule has 0 saturated heterocycles. The van der Waals surface area contributed by atoms with Crippen molar-refractivity contribution in [3.05, 3.63) is 23.8 Å². The van der Waals surface area contributed by atoms with Crippen LogP contribution in [-0.4, -0.2) is 14.2 Å². The molecule has 0 aromatic heterocycles. The van der Waals surface area contributed by atoms with Crippen LogP contribution in [0.1, 0.15) is 5.56 Å². The Morgan fingerprint density at radius 1 is 1.08 bits per heavy atom. The summed E-state index contributed by atoms with van der Waals surface area (Å²) in [6.07, 6.45) is 0. The molecule has 0 atom stereocenters. The van der Waals surface area contributed by atoms with Gasteiger partial charge in [0.05, 0.1) is 14.2 Å². The molecular weight excluding hydrogens is 172 g/mol. The quantitative estimate of drug-likeness (QED) is 0.725. The molecule has 0 saturated carbocycles. The van der Waals surface area contributed by atoms with Crippen molar-refractivity contribution in [3.8, 4) is 11.5 Å². The Balaban J connectivity index is 3.01. The van der Waals surface area contributed by atoms with Gasteiger partial charge in [-0.3, -0.25) is 0 Å². The van der Waals surface area contributed by atoms with Gasteiger partial charge in [0.2, 0.25) is 0 Å². The van der Waals surface area contributed by atoms with E-state index >= 15 is 0 Å². The number of ether oxygens (including phenoxy) is 2. The van der Waals surface area contributed by atoms with Crippen LogP contribution >= 0.6 is 12.6 Å². The van der Waals surface area contributed by atoms with Gasteiger partial charge in [-0.05, 0) is 17.7 Å². The fourth-order valence-corrected chi connectivity index (χ4v) is 1.14. The summed E-state index contributed by atoms with van der Waals surface area (Å²) >= 11 is 4.17. The van der Waals surface area contributed by atoms with Crippen LogP contribution in [0.4, 0.5) is 0 Å². The van der Waals surface area contributed by atoms with Crippen molar-refractivity contribution in [2.24, 2.45) is 0 Å². The molecule has 0 N–H and O–H groups in total. The predicted octanol–water partition coefficient (Wildman–Crippen LogP) is 2.13. The van der Waals surface area contributed by atoms with Crippen molar-refractivity contribution in [2.45, 2.75) is 5.75 Å². The zero-order chi connectivity index (χ0) is 8.97. The molecule has 1 rings (SSSR count). The summed E-state index contributed by atoms with van der Waals surface area (Å²) < 4.78 is 10.2. The standard InChI is InChI=1S/C9H12O2S/c1-10-8-3-7(6-12)4-9(5-8)11-2/h3-5,12H,6H2,1-2H3. The van der Waals surface area contributed by atoms with Crippen molar-refractivity contribution in [2.75, 3.05) is 14.2 Å². The lowest BCUT2D eigenvalue weighted by Gasteiger charge is -2.06. The lowest BCUT2D eigenvalue weighted by molar-refractivity contribution is 0.393. The molecule has 0 fully saturated rings. The predicted molar refractivity (Wildman–Crippen MR) is 52.2 cm³/mol. The number of rotatable bonds is 3. The van der Waals surface area contributed by atoms with Gasteiger partial charge in [0, 0.05) is 11.8 Å². The van der Waals surface area contributed by atoms with E-state index in [2.05, 4.69) is 12.6 Å². The van der Waals surface area contributed by atoms with Gasteiger partial charge in [-0.1, -0.05) is 0 Å². The number of hydrogen-bond donors (Lipinski definition) is 1. The van der Waals surface area contributed by atoms with E-state index in [1.165, 1.54) is 0 Å². The molecule has 3 heteroatoms. The molecule has 0 aliphatic carbocycles. The molecule has 1 aromatic rings. The van der Waals surface area contributed by atoms with Gasteiger partial charge in [-0.15, -0.1) is 0 Å². The Morgan fingerprint density at radius 3 is 1.92 bits per heavy atom. The number of methoxy groups -OCH3 is 2. The first kappa shape index (κ1) is 9.26. The van der Waals surface area contributed by atoms with Gasteiger partial charge < -0.3 is 9.47 Å². The molecule has 0 aliphatic rings. The van der Waals surface area contributed by atoms with E-state index in [4.69, 9.17) is 9.47 Å². The molecule has 0 spiro atoms. The molecule has 0 amide bonds. The third-order valence-corrected chi connectivity index (χ3v) is 1.96. The molecule has 1 aromatic carbocycles. The Hall–Kier alpha value is -0.830. The van der Waals surface area contributed by atoms with Crippen molar-refractivity contribution in [3.63, 3.8) is 0 Å². The average Bonchev–Trinajstić information content (AvgIpc) is 2.16. The van der Waals surface area contributed by atoms with Crippen LogP contribution in [0.3, 0.4) is 0 Å². The van der Waals surface area contributed by atoms with Crippen molar-refractivity contribution in [1.29, 1.82) is 0 Å². The monoisotopic (exact) mass is 184 g/mol. The second-order valence-corrected chi connectivity index (χ2v) is 2.70. The maximum Gasteiger partial charge on any atom is 0.122 e. The smallest absolute Gasteiger partial charge is 0.122 e. The first-order valence-corrected chi connectivity index (χ1v) is 4.26. The maximum absolute atomic E-state index is 5.09. The molecule has 66 valence electrons. The highest BCUT2D eigenvalue weighted by molar-refractivity contribution is 7.79. The van der Waals surface area contributed by atoms with Crippen LogP contribution in [-0.2, 0) is 5.75 Å². The SMILES string of the molecule is COc1cc(CS)cc(OC)c1. The summed E-state index contributed by atoms with van der Waals surface area (Å²) in [5.41, 5.74) is 1.09. The zero-order valence-corrected chi connectivity index (χ0v) is 8.10. The molecule has 0 aliphatic heterocycles. The van der Waals surface area contributed by atoms with Crippen molar-refractivity contribution in [1.82, 2.24) is 0 Å². The highest BCUT2D eigenvalue weighted by atomic mass is 32.1. The summed E-state index contributed by atoms with van der Waals surface area (Å²) in [6, 6.07) is 5.72. The van der Waals surface area contributed by atoms with E-state index in [-0.39, 0.29) is 0 Å². The normalized spacial score (nSPS) is 9.58. The van der Waals surface area contributed by atoms with Crippen LogP contribution in [0.2, 0.25) is 0 Å². The number of benzene rings is 1. The van der Waals surface area contributed by atoms with Gasteiger partial charge in [0.15, 0.2) is 0 Å². The second-order valence-electron chi connectivity index (χ2n) is 2.38. The van der Waals surface area contributed by atoms with E-state index in [1.807, 2.05) is 18.2 Å². The third-order valence-electron chi connectivity index (χ3n) is 1.59. The van der Waals surface area contributed by atoms with Gasteiger partial charge in [0.1, 0.15) is 11.5 Å². The maximum atomic E-state index is 5.09. The van der Waals surface area contributed by atoms with E-state index < -0.39 is 0 Å². The Bertz CT molecular complexity index is 205. The average molecular weight is 184 g/mol. The van der Waals surface area contributed by atoms with Crippen LogP contribution < -0.4 is 9.47 Å². The van der Waals surface area contributed by atoms with Crippen molar-refractivity contribution >= 4 is 12.6 Å². The Kier molecular flexibility index (Phi) is 3.29. The van der Waals surface area contributed by atoms with Crippen molar-refractivity contribution < 1.29 is 9.47 Å². The first-order chi connectivity index (χ1) is 5.80. The topological polar surface area (TPSA) is 18.5 Å². The minimum atomic E-state index is 0.688. The van der Waals surface area contributed by atoms with Crippen LogP contribution in [0.5, 0.6) is 11.5 Å². The molecule has 0 bridgehead atoms. The fourth-order valence-electron chi connectivity index (χ4n) is 0.958. The summed E-state index contributed by atoms with van der Waals surface area (Å²) in [5.74, 6) is 2.30. The molecule has 0 heterocycles. The summed E-state index contributed by atoms with van der Waals surface area (Å²) in [7, 11) is 3.27. The Labute approximate surface area is 77.9 Å². The largest absolute Gasteiger partial charge is 0.497 e. The third kappa shape index (κ3) is 2.08. The fraction of sp³-hybridized carbons (Fsp3) is 0.333. The van der Waals surface area contributed by atoms with Crippen LogP contribution in [0.15, 0.2) is 18.2 Å². The van der Waals surface area contributed by atoms with Crippen LogP contribution in [0, 0.1) is 0 Å². The minimum Gasteiger partial charge on any atom is -0.497 e. The molecule has 0 unspecified atom stereocenters. The number of hydrogen-bond acceptors (Lipinski definition) is 3.